The van der Waals surface area contributed by atoms with E-state index in [1.165, 1.54) is 19.2 Å². The normalized spacial score (nSPS) is 17.6. The molecule has 3 atom stereocenters. The van der Waals surface area contributed by atoms with E-state index < -0.39 is 46.4 Å². The number of piperidine rings is 1. The maximum absolute atomic E-state index is 13.8. The minimum Gasteiger partial charge on any atom is -0.494 e. The van der Waals surface area contributed by atoms with Gasteiger partial charge in [0.2, 0.25) is 21.8 Å². The fourth-order valence-electron chi connectivity index (χ4n) is 4.53. The molecule has 1 saturated heterocycles. The van der Waals surface area contributed by atoms with E-state index in [-0.39, 0.29) is 50.0 Å². The van der Waals surface area contributed by atoms with E-state index in [1.54, 1.807) is 31.2 Å². The zero-order valence-corrected chi connectivity index (χ0v) is 23.6. The van der Waals surface area contributed by atoms with Crippen LogP contribution in [0.25, 0.3) is 0 Å². The Labute approximate surface area is 234 Å². The van der Waals surface area contributed by atoms with Crippen LogP contribution in [0.2, 0.25) is 0 Å². The van der Waals surface area contributed by atoms with Crippen molar-refractivity contribution in [2.45, 2.75) is 62.0 Å². The predicted molar refractivity (Wildman–Crippen MR) is 146 cm³/mol. The number of alkyl halides is 1. The summed E-state index contributed by atoms with van der Waals surface area (Å²) in [6.07, 6.45) is 1.85. The number of sulfonamides is 1. The standard InChI is InChI=1S/C28H37F2N3O6S/c1-20(19-38-2)31-27(34)25(17-21-10-12-23(13-11-21)39-16-6-14-29)32-28(35)26-9-3-4-15-33(26)40(36,37)24-8-5-7-22(30)18-24/h5,7-8,10-13,18,20,25-26H,3-4,6,9,14-17,19H2,1-2H3,(H,31,34)(H,32,35)/t20-,25?,26-/m0/s1. The lowest BCUT2D eigenvalue weighted by Gasteiger charge is -2.34. The summed E-state index contributed by atoms with van der Waals surface area (Å²) in [6.45, 7) is 1.89. The summed E-state index contributed by atoms with van der Waals surface area (Å²) in [7, 11) is -2.65. The third-order valence-corrected chi connectivity index (χ3v) is 8.41. The fourth-order valence-corrected chi connectivity index (χ4v) is 6.22. The van der Waals surface area contributed by atoms with Gasteiger partial charge in [0.25, 0.3) is 0 Å². The highest BCUT2D eigenvalue weighted by Crippen LogP contribution is 2.26. The Morgan fingerprint density at radius 2 is 1.88 bits per heavy atom. The number of ether oxygens (including phenoxy) is 2. The summed E-state index contributed by atoms with van der Waals surface area (Å²) in [5, 5.41) is 5.58. The molecule has 0 aliphatic carbocycles. The lowest BCUT2D eigenvalue weighted by Crippen LogP contribution is -2.57. The van der Waals surface area contributed by atoms with Gasteiger partial charge in [-0.15, -0.1) is 0 Å². The number of hydrogen-bond donors (Lipinski definition) is 2. The number of carbonyl (C=O) groups excluding carboxylic acids is 2. The molecular formula is C28H37F2N3O6S. The lowest BCUT2D eigenvalue weighted by molar-refractivity contribution is -0.132. The van der Waals surface area contributed by atoms with E-state index in [0.29, 0.717) is 18.6 Å². The maximum atomic E-state index is 13.8. The largest absolute Gasteiger partial charge is 0.494 e. The van der Waals surface area contributed by atoms with Crippen LogP contribution < -0.4 is 15.4 Å². The molecule has 3 rings (SSSR count). The van der Waals surface area contributed by atoms with E-state index in [4.69, 9.17) is 9.47 Å². The molecule has 0 saturated carbocycles. The molecule has 2 amide bonds. The van der Waals surface area contributed by atoms with Gasteiger partial charge in [-0.05, 0) is 55.7 Å². The zero-order chi connectivity index (χ0) is 29.1. The first-order valence-electron chi connectivity index (χ1n) is 13.3. The van der Waals surface area contributed by atoms with Crippen LogP contribution in [0.15, 0.2) is 53.4 Å². The first kappa shape index (κ1) is 31.4. The summed E-state index contributed by atoms with van der Waals surface area (Å²) in [4.78, 5) is 26.5. The van der Waals surface area contributed by atoms with Gasteiger partial charge < -0.3 is 20.1 Å². The quantitative estimate of drug-likeness (QED) is 0.332. The third kappa shape index (κ3) is 8.70. The number of nitrogens with one attached hydrogen (secondary N) is 2. The molecule has 0 bridgehead atoms. The van der Waals surface area contributed by atoms with Crippen molar-refractivity contribution < 1.29 is 36.3 Å². The lowest BCUT2D eigenvalue weighted by atomic mass is 10.0. The highest BCUT2D eigenvalue weighted by atomic mass is 32.2. The molecular weight excluding hydrogens is 544 g/mol. The number of rotatable bonds is 14. The van der Waals surface area contributed by atoms with Gasteiger partial charge in [-0.2, -0.15) is 4.31 Å². The van der Waals surface area contributed by atoms with Crippen molar-refractivity contribution in [2.24, 2.45) is 0 Å². The molecule has 0 radical (unpaired) electrons. The Kier molecular flexibility index (Phi) is 11.8. The summed E-state index contributed by atoms with van der Waals surface area (Å²) in [6, 6.07) is 9.18. The van der Waals surface area contributed by atoms with Crippen LogP contribution >= 0.6 is 0 Å². The number of hydrogen-bond acceptors (Lipinski definition) is 6. The van der Waals surface area contributed by atoms with E-state index in [9.17, 15) is 26.8 Å². The monoisotopic (exact) mass is 581 g/mol. The van der Waals surface area contributed by atoms with E-state index in [0.717, 1.165) is 22.0 Å². The number of carbonyl (C=O) groups is 2. The van der Waals surface area contributed by atoms with Crippen LogP contribution in [0.4, 0.5) is 8.78 Å². The van der Waals surface area contributed by atoms with E-state index >= 15 is 0 Å². The van der Waals surface area contributed by atoms with Gasteiger partial charge in [0.05, 0.1) is 24.8 Å². The topological polar surface area (TPSA) is 114 Å². The van der Waals surface area contributed by atoms with Crippen molar-refractivity contribution in [1.82, 2.24) is 14.9 Å². The molecule has 0 spiro atoms. The van der Waals surface area contributed by atoms with Gasteiger partial charge in [0.15, 0.2) is 0 Å². The van der Waals surface area contributed by atoms with Crippen LogP contribution in [0, 0.1) is 5.82 Å². The molecule has 220 valence electrons. The van der Waals surface area contributed by atoms with Gasteiger partial charge in [-0.1, -0.05) is 24.6 Å². The minimum absolute atomic E-state index is 0.0997. The molecule has 1 aliphatic heterocycles. The third-order valence-electron chi connectivity index (χ3n) is 6.51. The second-order valence-corrected chi connectivity index (χ2v) is 11.6. The Hall–Kier alpha value is -3.09. The highest BCUT2D eigenvalue weighted by Gasteiger charge is 2.39. The molecule has 1 heterocycles. The molecule has 1 unspecified atom stereocenters. The first-order valence-corrected chi connectivity index (χ1v) is 14.7. The summed E-state index contributed by atoms with van der Waals surface area (Å²) in [5.74, 6) is -1.20. The zero-order valence-electron chi connectivity index (χ0n) is 22.8. The van der Waals surface area contributed by atoms with Crippen LogP contribution in [-0.2, 0) is 30.8 Å². The van der Waals surface area contributed by atoms with Crippen molar-refractivity contribution >= 4 is 21.8 Å². The molecule has 2 aromatic carbocycles. The average molecular weight is 582 g/mol. The van der Waals surface area contributed by atoms with Crippen molar-refractivity contribution in [1.29, 1.82) is 0 Å². The summed E-state index contributed by atoms with van der Waals surface area (Å²) < 4.78 is 64.5. The van der Waals surface area contributed by atoms with Gasteiger partial charge in [-0.25, -0.2) is 12.8 Å². The number of amides is 2. The first-order chi connectivity index (χ1) is 19.1. The molecule has 40 heavy (non-hydrogen) atoms. The fraction of sp³-hybridized carbons (Fsp3) is 0.500. The SMILES string of the molecule is COC[C@H](C)NC(=O)C(Cc1ccc(OCCCF)cc1)NC(=O)[C@@H]1CCCCN1S(=O)(=O)c1cccc(F)c1. The van der Waals surface area contributed by atoms with E-state index in [2.05, 4.69) is 10.6 Å². The maximum Gasteiger partial charge on any atom is 0.243 e. The van der Waals surface area contributed by atoms with Crippen molar-refractivity contribution in [2.75, 3.05) is 33.5 Å². The van der Waals surface area contributed by atoms with Gasteiger partial charge >= 0.3 is 0 Å². The Morgan fingerprint density at radius 3 is 2.55 bits per heavy atom. The predicted octanol–water partition coefficient (Wildman–Crippen LogP) is 2.99. The average Bonchev–Trinajstić information content (AvgIpc) is 2.93. The second kappa shape index (κ2) is 15.1. The molecule has 12 heteroatoms. The highest BCUT2D eigenvalue weighted by molar-refractivity contribution is 7.89. The molecule has 1 aliphatic rings. The van der Waals surface area contributed by atoms with Crippen LogP contribution in [-0.4, -0.2) is 76.2 Å². The van der Waals surface area contributed by atoms with Gasteiger partial charge in [-0.3, -0.25) is 14.0 Å². The number of halogens is 2. The second-order valence-electron chi connectivity index (χ2n) is 9.75. The van der Waals surface area contributed by atoms with Gasteiger partial charge in [0.1, 0.15) is 23.7 Å². The van der Waals surface area contributed by atoms with Crippen molar-refractivity contribution in [3.05, 3.63) is 59.9 Å². The number of nitrogens with zero attached hydrogens (tertiary/aromatic N) is 1. The van der Waals surface area contributed by atoms with Crippen LogP contribution in [0.3, 0.4) is 0 Å². The Morgan fingerprint density at radius 1 is 1.12 bits per heavy atom. The van der Waals surface area contributed by atoms with Crippen LogP contribution in [0.5, 0.6) is 5.75 Å². The van der Waals surface area contributed by atoms with Gasteiger partial charge in [0, 0.05) is 32.5 Å². The molecule has 1 fully saturated rings. The van der Waals surface area contributed by atoms with E-state index in [1.807, 2.05) is 0 Å². The smallest absolute Gasteiger partial charge is 0.243 e. The minimum atomic E-state index is -4.16. The number of benzene rings is 2. The molecule has 0 aromatic heterocycles. The van der Waals surface area contributed by atoms with Crippen LogP contribution in [0.1, 0.15) is 38.2 Å². The molecule has 2 aromatic rings. The molecule has 2 N–H and O–H groups in total. The summed E-state index contributed by atoms with van der Waals surface area (Å²) >= 11 is 0. The molecule has 9 nitrogen and oxygen atoms in total. The summed E-state index contributed by atoms with van der Waals surface area (Å²) in [5.41, 5.74) is 0.727. The Bertz CT molecular complexity index is 1230. The number of methoxy groups -OCH3 is 1. The Balaban J connectivity index is 1.80. The van der Waals surface area contributed by atoms with Crippen molar-refractivity contribution in [3.63, 3.8) is 0 Å². The van der Waals surface area contributed by atoms with Crippen molar-refractivity contribution in [3.8, 4) is 5.75 Å².